The van der Waals surface area contributed by atoms with Crippen molar-refractivity contribution in [2.24, 2.45) is 0 Å². The fourth-order valence-corrected chi connectivity index (χ4v) is 4.80. The fourth-order valence-electron chi connectivity index (χ4n) is 4.25. The highest BCUT2D eigenvalue weighted by atomic mass is 32.1. The van der Waals surface area contributed by atoms with E-state index in [0.717, 1.165) is 36.6 Å². The number of amides is 1. The van der Waals surface area contributed by atoms with Gasteiger partial charge in [-0.25, -0.2) is 0 Å². The van der Waals surface area contributed by atoms with Crippen LogP contribution in [0.5, 0.6) is 0 Å². The zero-order chi connectivity index (χ0) is 18.2. The first-order valence-corrected chi connectivity index (χ1v) is 9.68. The Kier molecular flexibility index (Phi) is 5.05. The van der Waals surface area contributed by atoms with Crippen LogP contribution in [-0.4, -0.2) is 40.1 Å². The first-order chi connectivity index (χ1) is 11.8. The summed E-state index contributed by atoms with van der Waals surface area (Å²) in [5.41, 5.74) is 2.42. The number of thiocarbonyl (C=S) groups is 1. The van der Waals surface area contributed by atoms with Crippen molar-refractivity contribution >= 4 is 28.9 Å². The van der Waals surface area contributed by atoms with E-state index in [0.29, 0.717) is 12.5 Å². The maximum atomic E-state index is 12.8. The maximum Gasteiger partial charge on any atom is 0.227 e. The van der Waals surface area contributed by atoms with Crippen molar-refractivity contribution in [3.05, 3.63) is 29.8 Å². The zero-order valence-electron chi connectivity index (χ0n) is 15.7. The first-order valence-electron chi connectivity index (χ1n) is 9.27. The Labute approximate surface area is 156 Å². The van der Waals surface area contributed by atoms with E-state index < -0.39 is 0 Å². The van der Waals surface area contributed by atoms with Crippen LogP contribution >= 0.6 is 12.2 Å². The van der Waals surface area contributed by atoms with Crippen LogP contribution in [0.4, 0.5) is 5.69 Å². The van der Waals surface area contributed by atoms with Gasteiger partial charge in [0.25, 0.3) is 0 Å². The molecule has 2 unspecified atom stereocenters. The van der Waals surface area contributed by atoms with Gasteiger partial charge in [0.15, 0.2) is 5.11 Å². The van der Waals surface area contributed by atoms with Gasteiger partial charge in [-0.05, 0) is 70.8 Å². The normalized spacial score (nSPS) is 24.9. The molecule has 136 valence electrons. The molecule has 2 heterocycles. The largest absolute Gasteiger partial charge is 0.358 e. The lowest BCUT2D eigenvalue weighted by atomic mass is 9.93. The van der Waals surface area contributed by atoms with Crippen molar-refractivity contribution in [1.82, 2.24) is 10.2 Å². The Morgan fingerprint density at radius 2 is 2.00 bits per heavy atom. The van der Waals surface area contributed by atoms with Crippen LogP contribution in [0.1, 0.15) is 52.5 Å². The molecule has 2 aliphatic rings. The van der Waals surface area contributed by atoms with E-state index in [-0.39, 0.29) is 17.5 Å². The van der Waals surface area contributed by atoms with Gasteiger partial charge < -0.3 is 15.1 Å². The first kappa shape index (κ1) is 18.2. The lowest BCUT2D eigenvalue weighted by Crippen LogP contribution is -2.60. The summed E-state index contributed by atoms with van der Waals surface area (Å²) < 4.78 is 0. The summed E-state index contributed by atoms with van der Waals surface area (Å²) in [5, 5.41) is 4.23. The molecule has 1 aromatic rings. The highest BCUT2D eigenvalue weighted by molar-refractivity contribution is 7.80. The number of anilines is 1. The molecule has 0 radical (unpaired) electrons. The van der Waals surface area contributed by atoms with Crippen LogP contribution < -0.4 is 10.2 Å². The summed E-state index contributed by atoms with van der Waals surface area (Å²) in [6.45, 7) is 9.55. The number of hydrogen-bond donors (Lipinski definition) is 1. The van der Waals surface area contributed by atoms with Gasteiger partial charge >= 0.3 is 0 Å². The number of rotatable bonds is 4. The van der Waals surface area contributed by atoms with E-state index in [1.54, 1.807) is 0 Å². The van der Waals surface area contributed by atoms with E-state index in [9.17, 15) is 4.79 Å². The Morgan fingerprint density at radius 1 is 1.28 bits per heavy atom. The molecule has 0 spiro atoms. The number of benzene rings is 1. The van der Waals surface area contributed by atoms with Crippen LogP contribution in [0, 0.1) is 0 Å². The lowest BCUT2D eigenvalue weighted by molar-refractivity contribution is -0.119. The molecule has 1 aromatic carbocycles. The molecule has 2 atom stereocenters. The van der Waals surface area contributed by atoms with Crippen LogP contribution in [0.25, 0.3) is 0 Å². The molecular weight excluding hydrogens is 330 g/mol. The van der Waals surface area contributed by atoms with Crippen molar-refractivity contribution in [3.8, 4) is 0 Å². The minimum atomic E-state index is 0.0531. The van der Waals surface area contributed by atoms with Gasteiger partial charge in [0.2, 0.25) is 5.91 Å². The summed E-state index contributed by atoms with van der Waals surface area (Å²) in [6.07, 6.45) is 3.40. The van der Waals surface area contributed by atoms with Gasteiger partial charge in [0.1, 0.15) is 0 Å². The predicted octanol–water partition coefficient (Wildman–Crippen LogP) is 3.49. The van der Waals surface area contributed by atoms with Gasteiger partial charge in [-0.2, -0.15) is 0 Å². The topological polar surface area (TPSA) is 35.6 Å². The minimum Gasteiger partial charge on any atom is -0.358 e. The number of fused-ring (bicyclic) bond motifs is 1. The maximum absolute atomic E-state index is 12.8. The van der Waals surface area contributed by atoms with Crippen LogP contribution in [0.2, 0.25) is 0 Å². The van der Waals surface area contributed by atoms with E-state index >= 15 is 0 Å². The third-order valence-corrected chi connectivity index (χ3v) is 5.65. The Morgan fingerprint density at radius 3 is 2.72 bits per heavy atom. The summed E-state index contributed by atoms with van der Waals surface area (Å²) in [7, 11) is 0. The molecule has 4 nitrogen and oxygen atoms in total. The molecule has 1 fully saturated rings. The Bertz CT molecular complexity index is 673. The molecule has 0 aliphatic carbocycles. The summed E-state index contributed by atoms with van der Waals surface area (Å²) in [5.74, 6) is 0.223. The molecule has 2 aliphatic heterocycles. The van der Waals surface area contributed by atoms with Crippen LogP contribution in [0.3, 0.4) is 0 Å². The second-order valence-electron chi connectivity index (χ2n) is 8.11. The molecule has 0 aromatic heterocycles. The minimum absolute atomic E-state index is 0.0531. The van der Waals surface area contributed by atoms with Crippen molar-refractivity contribution < 1.29 is 4.79 Å². The van der Waals surface area contributed by atoms with E-state index in [1.807, 2.05) is 17.0 Å². The number of carbonyl (C=O) groups excluding carboxylic acids is 1. The number of carbonyl (C=O) groups is 1. The molecule has 25 heavy (non-hydrogen) atoms. The summed E-state index contributed by atoms with van der Waals surface area (Å²) in [4.78, 5) is 17.0. The predicted molar refractivity (Wildman–Crippen MR) is 107 cm³/mol. The van der Waals surface area contributed by atoms with Crippen LogP contribution in [-0.2, 0) is 11.2 Å². The number of hydrogen-bond acceptors (Lipinski definition) is 2. The Hall–Kier alpha value is -1.62. The van der Waals surface area contributed by atoms with Gasteiger partial charge in [0, 0.05) is 36.3 Å². The van der Waals surface area contributed by atoms with Crippen molar-refractivity contribution in [3.63, 3.8) is 0 Å². The number of para-hydroxylation sites is 1. The van der Waals surface area contributed by atoms with Crippen LogP contribution in [0.15, 0.2) is 24.3 Å². The standard InChI is InChI=1S/C20H29N3OS/c1-14-12-16-8-5-6-9-17(16)23(14)18(24)10-7-11-22-15(2)13-20(3,4)21-19(22)25/h5-6,8-9,14-15H,7,10-13H2,1-4H3,(H,21,25). The smallest absolute Gasteiger partial charge is 0.227 e. The van der Waals surface area contributed by atoms with Crippen molar-refractivity contribution in [1.29, 1.82) is 0 Å². The molecule has 3 rings (SSSR count). The summed E-state index contributed by atoms with van der Waals surface area (Å²) >= 11 is 5.53. The van der Waals surface area contributed by atoms with Crippen molar-refractivity contribution in [2.75, 3.05) is 11.4 Å². The average Bonchev–Trinajstić information content (AvgIpc) is 2.84. The second kappa shape index (κ2) is 6.94. The molecule has 1 saturated heterocycles. The van der Waals surface area contributed by atoms with Gasteiger partial charge in [0.05, 0.1) is 0 Å². The molecule has 1 N–H and O–H groups in total. The second-order valence-corrected chi connectivity index (χ2v) is 8.50. The molecule has 1 amide bonds. The monoisotopic (exact) mass is 359 g/mol. The fraction of sp³-hybridized carbons (Fsp3) is 0.600. The number of nitrogens with zero attached hydrogens (tertiary/aromatic N) is 2. The SMILES string of the molecule is CC1CC(C)(C)NC(=S)N1CCCC(=O)N1c2ccccc2CC1C. The molecular formula is C20H29N3OS. The molecule has 5 heteroatoms. The van der Waals surface area contributed by atoms with E-state index in [4.69, 9.17) is 12.2 Å². The van der Waals surface area contributed by atoms with E-state index in [2.05, 4.69) is 50.0 Å². The highest BCUT2D eigenvalue weighted by Gasteiger charge is 2.33. The quantitative estimate of drug-likeness (QED) is 0.835. The molecule has 0 saturated carbocycles. The average molecular weight is 360 g/mol. The van der Waals surface area contributed by atoms with Gasteiger partial charge in [-0.3, -0.25) is 4.79 Å². The van der Waals surface area contributed by atoms with Gasteiger partial charge in [-0.1, -0.05) is 18.2 Å². The van der Waals surface area contributed by atoms with Crippen molar-refractivity contribution in [2.45, 2.75) is 71.0 Å². The number of nitrogens with one attached hydrogen (secondary N) is 1. The highest BCUT2D eigenvalue weighted by Crippen LogP contribution is 2.32. The Balaban J connectivity index is 1.56. The zero-order valence-corrected chi connectivity index (χ0v) is 16.5. The third kappa shape index (κ3) is 3.81. The molecule has 0 bridgehead atoms. The van der Waals surface area contributed by atoms with Gasteiger partial charge in [-0.15, -0.1) is 0 Å². The lowest BCUT2D eigenvalue weighted by Gasteiger charge is -2.44. The summed E-state index contributed by atoms with van der Waals surface area (Å²) in [6, 6.07) is 8.91. The van der Waals surface area contributed by atoms with E-state index in [1.165, 1.54) is 5.56 Å². The third-order valence-electron chi connectivity index (χ3n) is 5.31.